The minimum Gasteiger partial charge on any atom is -0.321 e. The zero-order valence-corrected chi connectivity index (χ0v) is 13.5. The van der Waals surface area contributed by atoms with Gasteiger partial charge >= 0.3 is 0 Å². The summed E-state index contributed by atoms with van der Waals surface area (Å²) in [5, 5.41) is 11.1. The van der Waals surface area contributed by atoms with Gasteiger partial charge in [-0.05, 0) is 48.5 Å². The Hall–Kier alpha value is -2.50. The van der Waals surface area contributed by atoms with Gasteiger partial charge in [0.2, 0.25) is 0 Å². The van der Waals surface area contributed by atoms with Crippen LogP contribution in [0.4, 0.5) is 17.1 Å². The number of nitrogens with one attached hydrogen (secondary N) is 1. The lowest BCUT2D eigenvalue weighted by atomic mass is 10.3. The summed E-state index contributed by atoms with van der Waals surface area (Å²) in [5.74, 6) is -0.180. The van der Waals surface area contributed by atoms with E-state index < -0.39 is 0 Å². The van der Waals surface area contributed by atoms with E-state index in [9.17, 15) is 4.79 Å². The molecule has 3 aromatic rings. The fourth-order valence-electron chi connectivity index (χ4n) is 1.85. The Balaban J connectivity index is 1.65. The second-order valence-corrected chi connectivity index (χ2v) is 6.36. The van der Waals surface area contributed by atoms with Crippen LogP contribution in [0.15, 0.2) is 77.0 Å². The molecule has 1 aromatic heterocycles. The van der Waals surface area contributed by atoms with Gasteiger partial charge in [-0.2, -0.15) is 10.2 Å². The van der Waals surface area contributed by atoms with E-state index >= 15 is 0 Å². The smallest absolute Gasteiger partial charge is 0.265 e. The highest BCUT2D eigenvalue weighted by atomic mass is 35.5. The molecule has 0 radical (unpaired) electrons. The van der Waals surface area contributed by atoms with Gasteiger partial charge in [0.15, 0.2) is 0 Å². The molecule has 0 saturated heterocycles. The molecule has 1 N–H and O–H groups in total. The Morgan fingerprint density at radius 2 is 1.52 bits per heavy atom. The van der Waals surface area contributed by atoms with E-state index in [0.717, 1.165) is 5.69 Å². The quantitative estimate of drug-likeness (QED) is 0.575. The van der Waals surface area contributed by atoms with Crippen LogP contribution in [-0.4, -0.2) is 5.91 Å². The predicted molar refractivity (Wildman–Crippen MR) is 94.3 cm³/mol. The van der Waals surface area contributed by atoms with Crippen molar-refractivity contribution in [2.24, 2.45) is 10.2 Å². The van der Waals surface area contributed by atoms with Crippen LogP contribution in [0.1, 0.15) is 9.67 Å². The van der Waals surface area contributed by atoms with E-state index in [1.807, 2.05) is 30.3 Å². The van der Waals surface area contributed by atoms with E-state index in [1.165, 1.54) is 11.3 Å². The number of thiophene rings is 1. The minimum atomic E-state index is -0.180. The summed E-state index contributed by atoms with van der Waals surface area (Å²) in [5.41, 5.74) is 2.20. The molecule has 1 heterocycles. The molecule has 0 aliphatic rings. The fourth-order valence-corrected chi connectivity index (χ4v) is 2.79. The zero-order valence-electron chi connectivity index (χ0n) is 11.9. The van der Waals surface area contributed by atoms with Gasteiger partial charge in [-0.25, -0.2) is 0 Å². The van der Waals surface area contributed by atoms with Gasteiger partial charge in [-0.1, -0.05) is 29.8 Å². The largest absolute Gasteiger partial charge is 0.321 e. The summed E-state index contributed by atoms with van der Waals surface area (Å²) in [7, 11) is 0. The first kappa shape index (κ1) is 15.4. The van der Waals surface area contributed by atoms with Gasteiger partial charge in [0.1, 0.15) is 0 Å². The van der Waals surface area contributed by atoms with Crippen LogP contribution in [0, 0.1) is 0 Å². The van der Waals surface area contributed by atoms with Crippen molar-refractivity contribution in [1.82, 2.24) is 0 Å². The number of amides is 1. The van der Waals surface area contributed by atoms with E-state index in [2.05, 4.69) is 15.5 Å². The standard InChI is InChI=1S/C17H12ClN3OS/c18-16-11-10-15(23-16)17(22)19-12-6-8-14(9-7-12)21-20-13-4-2-1-3-5-13/h1-11H,(H,19,22). The van der Waals surface area contributed by atoms with Crippen molar-refractivity contribution in [2.45, 2.75) is 0 Å². The van der Waals surface area contributed by atoms with Gasteiger partial charge in [0.05, 0.1) is 20.6 Å². The summed E-state index contributed by atoms with van der Waals surface area (Å²) < 4.78 is 0.590. The zero-order chi connectivity index (χ0) is 16.1. The van der Waals surface area contributed by atoms with Crippen molar-refractivity contribution in [3.05, 3.63) is 75.9 Å². The molecule has 114 valence electrons. The molecular weight excluding hydrogens is 330 g/mol. The molecule has 1 amide bonds. The summed E-state index contributed by atoms with van der Waals surface area (Å²) in [4.78, 5) is 12.6. The second-order valence-electron chi connectivity index (χ2n) is 4.64. The minimum absolute atomic E-state index is 0.180. The van der Waals surface area contributed by atoms with Gasteiger partial charge in [-0.15, -0.1) is 11.3 Å². The number of carbonyl (C=O) groups is 1. The first-order valence-corrected chi connectivity index (χ1v) is 8.04. The van der Waals surface area contributed by atoms with Crippen LogP contribution in [-0.2, 0) is 0 Å². The fraction of sp³-hybridized carbons (Fsp3) is 0. The molecule has 0 atom stereocenters. The molecule has 0 bridgehead atoms. The molecule has 3 rings (SSSR count). The lowest BCUT2D eigenvalue weighted by Crippen LogP contribution is -2.09. The van der Waals surface area contributed by atoms with Crippen LogP contribution in [0.5, 0.6) is 0 Å². The van der Waals surface area contributed by atoms with Crippen molar-refractivity contribution in [3.8, 4) is 0 Å². The van der Waals surface area contributed by atoms with E-state index in [4.69, 9.17) is 11.6 Å². The molecular formula is C17H12ClN3OS. The van der Waals surface area contributed by atoms with Crippen molar-refractivity contribution < 1.29 is 4.79 Å². The van der Waals surface area contributed by atoms with Gasteiger partial charge in [-0.3, -0.25) is 4.79 Å². The molecule has 0 aliphatic heterocycles. The summed E-state index contributed by atoms with van der Waals surface area (Å²) in [6.07, 6.45) is 0. The summed E-state index contributed by atoms with van der Waals surface area (Å²) in [6.45, 7) is 0. The van der Waals surface area contributed by atoms with Crippen molar-refractivity contribution in [1.29, 1.82) is 0 Å². The normalized spacial score (nSPS) is 10.8. The van der Waals surface area contributed by atoms with E-state index in [0.29, 0.717) is 20.6 Å². The molecule has 4 nitrogen and oxygen atoms in total. The first-order valence-electron chi connectivity index (χ1n) is 6.84. The maximum Gasteiger partial charge on any atom is 0.265 e. The predicted octanol–water partition coefficient (Wildman–Crippen LogP) is 6.07. The number of rotatable bonds is 4. The van der Waals surface area contributed by atoms with Crippen molar-refractivity contribution in [3.63, 3.8) is 0 Å². The molecule has 0 saturated carbocycles. The molecule has 0 unspecified atom stereocenters. The third-order valence-corrected chi connectivity index (χ3v) is 4.19. The number of hydrogen-bond donors (Lipinski definition) is 1. The first-order chi connectivity index (χ1) is 11.2. The van der Waals surface area contributed by atoms with Crippen LogP contribution >= 0.6 is 22.9 Å². The topological polar surface area (TPSA) is 53.8 Å². The maximum absolute atomic E-state index is 12.0. The van der Waals surface area contributed by atoms with Gasteiger partial charge < -0.3 is 5.32 Å². The Morgan fingerprint density at radius 3 is 2.13 bits per heavy atom. The number of anilines is 1. The van der Waals surface area contributed by atoms with Crippen LogP contribution in [0.25, 0.3) is 0 Å². The number of halogens is 1. The lowest BCUT2D eigenvalue weighted by molar-refractivity contribution is 0.103. The Labute approximate surface area is 142 Å². The van der Waals surface area contributed by atoms with Crippen molar-refractivity contribution >= 4 is 45.9 Å². The lowest BCUT2D eigenvalue weighted by Gasteiger charge is -2.03. The highest BCUT2D eigenvalue weighted by Crippen LogP contribution is 2.23. The number of benzene rings is 2. The summed E-state index contributed by atoms with van der Waals surface area (Å²) >= 11 is 7.07. The SMILES string of the molecule is O=C(Nc1ccc(N=Nc2ccccc2)cc1)c1ccc(Cl)s1. The molecule has 23 heavy (non-hydrogen) atoms. The number of carbonyl (C=O) groups excluding carboxylic acids is 1. The van der Waals surface area contributed by atoms with Crippen molar-refractivity contribution in [2.75, 3.05) is 5.32 Å². The molecule has 0 spiro atoms. The van der Waals surface area contributed by atoms with E-state index in [-0.39, 0.29) is 5.91 Å². The third kappa shape index (κ3) is 4.25. The Morgan fingerprint density at radius 1 is 0.870 bits per heavy atom. The third-order valence-electron chi connectivity index (χ3n) is 2.96. The van der Waals surface area contributed by atoms with Crippen LogP contribution < -0.4 is 5.32 Å². The highest BCUT2D eigenvalue weighted by Gasteiger charge is 2.08. The maximum atomic E-state index is 12.0. The molecule has 0 fully saturated rings. The van der Waals surface area contributed by atoms with Crippen LogP contribution in [0.3, 0.4) is 0 Å². The highest BCUT2D eigenvalue weighted by molar-refractivity contribution is 7.18. The molecule has 2 aromatic carbocycles. The number of hydrogen-bond acceptors (Lipinski definition) is 4. The average molecular weight is 342 g/mol. The Bertz CT molecular complexity index is 829. The van der Waals surface area contributed by atoms with E-state index in [1.54, 1.807) is 36.4 Å². The number of nitrogens with zero attached hydrogens (tertiary/aromatic N) is 2. The number of azo groups is 1. The monoisotopic (exact) mass is 341 g/mol. The summed E-state index contributed by atoms with van der Waals surface area (Å²) in [6, 6.07) is 20.1. The second kappa shape index (κ2) is 7.17. The molecule has 0 aliphatic carbocycles. The van der Waals surface area contributed by atoms with Gasteiger partial charge in [0, 0.05) is 5.69 Å². The van der Waals surface area contributed by atoms with Gasteiger partial charge in [0.25, 0.3) is 5.91 Å². The Kier molecular flexibility index (Phi) is 4.80. The average Bonchev–Trinajstić information content (AvgIpc) is 3.02. The molecule has 6 heteroatoms. The van der Waals surface area contributed by atoms with Crippen LogP contribution in [0.2, 0.25) is 4.34 Å².